The number of nitrogens with zero attached hydrogens (tertiary/aromatic N) is 3. The highest BCUT2D eigenvalue weighted by Gasteiger charge is 2.12. The highest BCUT2D eigenvalue weighted by Crippen LogP contribution is 2.18. The van der Waals surface area contributed by atoms with Crippen LogP contribution < -0.4 is 15.0 Å². The average Bonchev–Trinajstić information content (AvgIpc) is 2.73. The topological polar surface area (TPSA) is 61.2 Å². The van der Waals surface area contributed by atoms with Crippen molar-refractivity contribution in [2.45, 2.75) is 45.2 Å². The predicted octanol–water partition coefficient (Wildman–Crippen LogP) is 4.04. The van der Waals surface area contributed by atoms with Crippen molar-refractivity contribution in [2.75, 3.05) is 24.6 Å². The number of aromatic nitrogens is 1. The molecule has 5 heteroatoms. The van der Waals surface area contributed by atoms with Crippen LogP contribution in [0.1, 0.15) is 43.2 Å². The first-order valence-corrected chi connectivity index (χ1v) is 9.84. The molecule has 0 amide bonds. The lowest BCUT2D eigenvalue weighted by Gasteiger charge is -2.27. The molecule has 1 saturated heterocycles. The quantitative estimate of drug-likeness (QED) is 0.680. The molecule has 1 aromatic carbocycles. The maximum atomic E-state index is 8.57. The third-order valence-corrected chi connectivity index (χ3v) is 4.75. The van der Waals surface area contributed by atoms with E-state index in [-0.39, 0.29) is 0 Å². The third-order valence-electron chi connectivity index (χ3n) is 4.75. The van der Waals surface area contributed by atoms with Gasteiger partial charge in [-0.1, -0.05) is 12.1 Å². The van der Waals surface area contributed by atoms with Gasteiger partial charge in [-0.3, -0.25) is 0 Å². The summed E-state index contributed by atoms with van der Waals surface area (Å²) in [5.41, 5.74) is 2.45. The maximum Gasteiger partial charge on any atom is 0.128 e. The molecule has 1 fully saturated rings. The van der Waals surface area contributed by atoms with E-state index >= 15 is 0 Å². The molecule has 0 spiro atoms. The summed E-state index contributed by atoms with van der Waals surface area (Å²) in [7, 11) is 0. The molecular weight excluding hydrogens is 336 g/mol. The van der Waals surface area contributed by atoms with Gasteiger partial charge in [0.15, 0.2) is 0 Å². The van der Waals surface area contributed by atoms with Crippen molar-refractivity contribution in [2.24, 2.45) is 0 Å². The molecule has 1 N–H and O–H groups in total. The van der Waals surface area contributed by atoms with E-state index in [1.807, 2.05) is 18.3 Å². The van der Waals surface area contributed by atoms with Crippen molar-refractivity contribution in [3.05, 3.63) is 53.7 Å². The van der Waals surface area contributed by atoms with Gasteiger partial charge in [-0.25, -0.2) is 4.98 Å². The Balaban J connectivity index is 1.47. The normalized spacial score (nSPS) is 14.0. The number of nitrogens with one attached hydrogen (secondary N) is 1. The van der Waals surface area contributed by atoms with E-state index in [1.54, 1.807) is 0 Å². The van der Waals surface area contributed by atoms with Gasteiger partial charge in [-0.15, -0.1) is 0 Å². The van der Waals surface area contributed by atoms with Gasteiger partial charge < -0.3 is 15.0 Å². The van der Waals surface area contributed by atoms with Gasteiger partial charge in [-0.05, 0) is 61.1 Å². The van der Waals surface area contributed by atoms with Crippen molar-refractivity contribution in [1.82, 2.24) is 10.3 Å². The summed E-state index contributed by atoms with van der Waals surface area (Å²) >= 11 is 0. The number of unbranched alkanes of at least 4 members (excludes halogenated alkanes) is 1. The Morgan fingerprint density at radius 3 is 2.70 bits per heavy atom. The van der Waals surface area contributed by atoms with Crippen molar-refractivity contribution >= 4 is 5.82 Å². The Morgan fingerprint density at radius 2 is 1.89 bits per heavy atom. The first-order chi connectivity index (χ1) is 13.3. The molecule has 2 heterocycles. The Kier molecular flexibility index (Phi) is 7.49. The van der Waals surface area contributed by atoms with Crippen LogP contribution in [0.4, 0.5) is 5.82 Å². The molecule has 1 aromatic heterocycles. The molecule has 0 bridgehead atoms. The number of ether oxygens (including phenoxy) is 1. The molecule has 2 aromatic rings. The highest BCUT2D eigenvalue weighted by molar-refractivity contribution is 5.41. The van der Waals surface area contributed by atoms with Crippen molar-refractivity contribution in [1.29, 1.82) is 5.26 Å². The van der Waals surface area contributed by atoms with Crippen LogP contribution in [0.25, 0.3) is 0 Å². The van der Waals surface area contributed by atoms with Gasteiger partial charge >= 0.3 is 0 Å². The van der Waals surface area contributed by atoms with Crippen LogP contribution >= 0.6 is 0 Å². The second kappa shape index (κ2) is 10.5. The maximum absolute atomic E-state index is 8.57. The first-order valence-electron chi connectivity index (χ1n) is 9.84. The second-order valence-corrected chi connectivity index (χ2v) is 6.93. The number of rotatable bonds is 9. The van der Waals surface area contributed by atoms with E-state index in [0.29, 0.717) is 13.0 Å². The first kappa shape index (κ1) is 19.2. The number of nitriles is 1. The minimum Gasteiger partial charge on any atom is -0.494 e. The summed E-state index contributed by atoms with van der Waals surface area (Å²) in [6.07, 6.45) is 7.07. The van der Waals surface area contributed by atoms with Crippen LogP contribution in [-0.4, -0.2) is 24.7 Å². The van der Waals surface area contributed by atoms with E-state index in [1.165, 1.54) is 30.4 Å². The molecule has 1 aliphatic rings. The van der Waals surface area contributed by atoms with E-state index in [0.717, 1.165) is 44.2 Å². The fourth-order valence-corrected chi connectivity index (χ4v) is 3.30. The summed E-state index contributed by atoms with van der Waals surface area (Å²) < 4.78 is 5.70. The average molecular weight is 364 g/mol. The molecule has 0 atom stereocenters. The number of anilines is 1. The van der Waals surface area contributed by atoms with Gasteiger partial charge in [-0.2, -0.15) is 5.26 Å². The third kappa shape index (κ3) is 6.26. The monoisotopic (exact) mass is 364 g/mol. The molecule has 0 unspecified atom stereocenters. The zero-order chi connectivity index (χ0) is 18.7. The van der Waals surface area contributed by atoms with Crippen LogP contribution in [-0.2, 0) is 13.1 Å². The Hall–Kier alpha value is -2.58. The van der Waals surface area contributed by atoms with Crippen LogP contribution in [0.15, 0.2) is 42.6 Å². The van der Waals surface area contributed by atoms with Crippen LogP contribution in [0.3, 0.4) is 0 Å². The van der Waals surface area contributed by atoms with Gasteiger partial charge in [0, 0.05) is 38.8 Å². The zero-order valence-electron chi connectivity index (χ0n) is 15.9. The molecular formula is C22H28N4O. The summed E-state index contributed by atoms with van der Waals surface area (Å²) in [6.45, 7) is 4.42. The van der Waals surface area contributed by atoms with Crippen LogP contribution in [0.2, 0.25) is 0 Å². The Morgan fingerprint density at radius 1 is 1.07 bits per heavy atom. The second-order valence-electron chi connectivity index (χ2n) is 6.93. The standard InChI is InChI=1S/C22H28N4O/c23-10-2-5-14-27-21-8-6-7-19(15-21)17-24-18-20-9-11-25-22(16-20)26-12-3-1-4-13-26/h6-9,11,15-16,24H,1-5,12-14,17-18H2. The summed E-state index contributed by atoms with van der Waals surface area (Å²) in [5, 5.41) is 12.1. The molecule has 0 aliphatic carbocycles. The van der Waals surface area contributed by atoms with E-state index in [2.05, 4.69) is 45.5 Å². The zero-order valence-corrected chi connectivity index (χ0v) is 15.9. The molecule has 142 valence electrons. The van der Waals surface area contributed by atoms with E-state index in [4.69, 9.17) is 10.00 Å². The smallest absolute Gasteiger partial charge is 0.128 e. The van der Waals surface area contributed by atoms with E-state index in [9.17, 15) is 0 Å². The minimum atomic E-state index is 0.534. The molecule has 0 radical (unpaired) electrons. The highest BCUT2D eigenvalue weighted by atomic mass is 16.5. The SMILES string of the molecule is N#CCCCOc1cccc(CNCc2ccnc(N3CCCCC3)c2)c1. The van der Waals surface area contributed by atoms with Crippen LogP contribution in [0.5, 0.6) is 5.75 Å². The van der Waals surface area contributed by atoms with Gasteiger partial charge in [0.2, 0.25) is 0 Å². The molecule has 3 rings (SSSR count). The largest absolute Gasteiger partial charge is 0.494 e. The summed E-state index contributed by atoms with van der Waals surface area (Å²) in [5.74, 6) is 1.96. The number of hydrogen-bond acceptors (Lipinski definition) is 5. The molecule has 0 saturated carbocycles. The summed E-state index contributed by atoms with van der Waals surface area (Å²) in [4.78, 5) is 6.93. The lowest BCUT2D eigenvalue weighted by Crippen LogP contribution is -2.30. The number of piperidine rings is 1. The molecule has 5 nitrogen and oxygen atoms in total. The molecule has 1 aliphatic heterocycles. The number of pyridine rings is 1. The Bertz CT molecular complexity index is 750. The van der Waals surface area contributed by atoms with Gasteiger partial charge in [0.25, 0.3) is 0 Å². The lowest BCUT2D eigenvalue weighted by molar-refractivity contribution is 0.312. The number of benzene rings is 1. The lowest BCUT2D eigenvalue weighted by atomic mass is 10.1. The predicted molar refractivity (Wildman–Crippen MR) is 108 cm³/mol. The van der Waals surface area contributed by atoms with Gasteiger partial charge in [0.1, 0.15) is 11.6 Å². The van der Waals surface area contributed by atoms with E-state index < -0.39 is 0 Å². The fraction of sp³-hybridized carbons (Fsp3) is 0.455. The summed E-state index contributed by atoms with van der Waals surface area (Å²) in [6, 6.07) is 14.5. The van der Waals surface area contributed by atoms with Crippen LogP contribution in [0, 0.1) is 11.3 Å². The molecule has 27 heavy (non-hydrogen) atoms. The number of hydrogen-bond donors (Lipinski definition) is 1. The van der Waals surface area contributed by atoms with Crippen molar-refractivity contribution < 1.29 is 4.74 Å². The Labute approximate surface area is 162 Å². The minimum absolute atomic E-state index is 0.534. The van der Waals surface area contributed by atoms with Crippen molar-refractivity contribution in [3.8, 4) is 11.8 Å². The van der Waals surface area contributed by atoms with Gasteiger partial charge in [0.05, 0.1) is 12.7 Å². The van der Waals surface area contributed by atoms with Crippen molar-refractivity contribution in [3.63, 3.8) is 0 Å². The fourth-order valence-electron chi connectivity index (χ4n) is 3.30.